The number of nitrogens with zero attached hydrogens (tertiary/aromatic N) is 4. The first-order valence-electron chi connectivity index (χ1n) is 11.8. The SMILES string of the molecule is O=C(NCC(=O)N1CCN(Cc2nc(-c3cccc(C(F)(F)F)c3)no2)CC1)NC1CCCCC1. The van der Waals surface area contributed by atoms with Crippen LogP contribution in [0.25, 0.3) is 11.4 Å². The van der Waals surface area contributed by atoms with Crippen LogP contribution in [0.3, 0.4) is 0 Å². The molecule has 2 aliphatic rings. The zero-order chi connectivity index (χ0) is 24.8. The molecule has 9 nitrogen and oxygen atoms in total. The number of rotatable bonds is 6. The van der Waals surface area contributed by atoms with Gasteiger partial charge in [-0.25, -0.2) is 4.79 Å². The lowest BCUT2D eigenvalue weighted by Gasteiger charge is -2.34. The van der Waals surface area contributed by atoms with Crippen molar-refractivity contribution in [2.45, 2.75) is 50.9 Å². The molecule has 0 radical (unpaired) electrons. The van der Waals surface area contributed by atoms with Gasteiger partial charge in [-0.15, -0.1) is 0 Å². The third-order valence-corrected chi connectivity index (χ3v) is 6.34. The van der Waals surface area contributed by atoms with Gasteiger partial charge in [-0.05, 0) is 25.0 Å². The van der Waals surface area contributed by atoms with E-state index in [-0.39, 0.29) is 35.9 Å². The molecule has 0 bridgehead atoms. The van der Waals surface area contributed by atoms with E-state index >= 15 is 0 Å². The van der Waals surface area contributed by atoms with Crippen molar-refractivity contribution in [2.24, 2.45) is 0 Å². The Morgan fingerprint density at radius 3 is 2.54 bits per heavy atom. The highest BCUT2D eigenvalue weighted by atomic mass is 19.4. The second-order valence-corrected chi connectivity index (χ2v) is 8.91. The molecule has 3 amide bonds. The molecule has 0 atom stereocenters. The van der Waals surface area contributed by atoms with Crippen molar-refractivity contribution >= 4 is 11.9 Å². The fraction of sp³-hybridized carbons (Fsp3) is 0.565. The normalized spacial score (nSPS) is 17.9. The summed E-state index contributed by atoms with van der Waals surface area (Å²) < 4.78 is 44.1. The summed E-state index contributed by atoms with van der Waals surface area (Å²) in [5.74, 6) is 0.240. The predicted molar refractivity (Wildman–Crippen MR) is 120 cm³/mol. The van der Waals surface area contributed by atoms with Crippen LogP contribution in [0, 0.1) is 0 Å². The van der Waals surface area contributed by atoms with E-state index in [9.17, 15) is 22.8 Å². The molecule has 0 spiro atoms. The molecule has 35 heavy (non-hydrogen) atoms. The van der Waals surface area contributed by atoms with Crippen molar-refractivity contribution in [1.82, 2.24) is 30.6 Å². The quantitative estimate of drug-likeness (QED) is 0.640. The van der Waals surface area contributed by atoms with E-state index in [2.05, 4.69) is 20.8 Å². The lowest BCUT2D eigenvalue weighted by atomic mass is 9.96. The zero-order valence-electron chi connectivity index (χ0n) is 19.3. The van der Waals surface area contributed by atoms with E-state index in [1.165, 1.54) is 18.6 Å². The molecule has 1 saturated heterocycles. The van der Waals surface area contributed by atoms with Crippen LogP contribution in [0.15, 0.2) is 28.8 Å². The van der Waals surface area contributed by atoms with Gasteiger partial charge in [-0.3, -0.25) is 9.69 Å². The standard InChI is InChI=1S/C23H29F3N6O3/c24-23(25,26)17-6-4-5-16(13-17)21-29-19(35-30-21)15-31-9-11-32(12-10-31)20(33)14-27-22(34)28-18-7-2-1-3-8-18/h4-6,13,18H,1-3,7-12,14-15H2,(H2,27,28,34). The van der Waals surface area contributed by atoms with E-state index in [1.54, 1.807) is 4.90 Å². The van der Waals surface area contributed by atoms with Crippen LogP contribution >= 0.6 is 0 Å². The zero-order valence-corrected chi connectivity index (χ0v) is 19.3. The Kier molecular flexibility index (Phi) is 7.89. The molecule has 2 N–H and O–H groups in total. The van der Waals surface area contributed by atoms with Gasteiger partial charge < -0.3 is 20.1 Å². The highest BCUT2D eigenvalue weighted by Gasteiger charge is 2.31. The fourth-order valence-corrected chi connectivity index (χ4v) is 4.37. The van der Waals surface area contributed by atoms with Gasteiger partial charge in [0.2, 0.25) is 17.6 Å². The van der Waals surface area contributed by atoms with Crippen molar-refractivity contribution in [3.8, 4) is 11.4 Å². The number of benzene rings is 1. The van der Waals surface area contributed by atoms with Gasteiger partial charge in [0.25, 0.3) is 0 Å². The topological polar surface area (TPSA) is 104 Å². The maximum atomic E-state index is 12.9. The molecule has 2 fully saturated rings. The van der Waals surface area contributed by atoms with Gasteiger partial charge in [0.05, 0.1) is 18.7 Å². The van der Waals surface area contributed by atoms with E-state index in [0.29, 0.717) is 38.6 Å². The largest absolute Gasteiger partial charge is 0.416 e. The Balaban J connectivity index is 1.21. The monoisotopic (exact) mass is 494 g/mol. The number of urea groups is 1. The first-order chi connectivity index (χ1) is 16.8. The van der Waals surface area contributed by atoms with Crippen LogP contribution in [0.1, 0.15) is 43.6 Å². The van der Waals surface area contributed by atoms with Crippen LogP contribution in [-0.4, -0.2) is 70.6 Å². The maximum Gasteiger partial charge on any atom is 0.416 e. The second-order valence-electron chi connectivity index (χ2n) is 8.91. The molecular formula is C23H29F3N6O3. The molecule has 4 rings (SSSR count). The second kappa shape index (κ2) is 11.1. The summed E-state index contributed by atoms with van der Waals surface area (Å²) in [5, 5.41) is 9.39. The minimum atomic E-state index is -4.45. The van der Waals surface area contributed by atoms with Crippen molar-refractivity contribution in [1.29, 1.82) is 0 Å². The van der Waals surface area contributed by atoms with Crippen LogP contribution in [0.2, 0.25) is 0 Å². The molecule has 12 heteroatoms. The number of hydrogen-bond donors (Lipinski definition) is 2. The summed E-state index contributed by atoms with van der Waals surface area (Å²) >= 11 is 0. The molecule has 0 unspecified atom stereocenters. The number of carbonyl (C=O) groups excluding carboxylic acids is 2. The number of halogens is 3. The van der Waals surface area contributed by atoms with Crippen LogP contribution < -0.4 is 10.6 Å². The predicted octanol–water partition coefficient (Wildman–Crippen LogP) is 3.03. The average molecular weight is 495 g/mol. The highest BCUT2D eigenvalue weighted by molar-refractivity contribution is 5.84. The number of piperazine rings is 1. The van der Waals surface area contributed by atoms with Gasteiger partial charge in [-0.2, -0.15) is 18.2 Å². The lowest BCUT2D eigenvalue weighted by molar-refractivity contribution is -0.137. The van der Waals surface area contributed by atoms with E-state index in [4.69, 9.17) is 4.52 Å². The highest BCUT2D eigenvalue weighted by Crippen LogP contribution is 2.31. The van der Waals surface area contributed by atoms with Gasteiger partial charge in [0.1, 0.15) is 0 Å². The average Bonchev–Trinajstić information content (AvgIpc) is 3.32. The van der Waals surface area contributed by atoms with E-state index in [0.717, 1.165) is 37.8 Å². The van der Waals surface area contributed by atoms with E-state index in [1.807, 2.05) is 4.90 Å². The number of amides is 3. The number of alkyl halides is 3. The minimum absolute atomic E-state index is 0.0530. The van der Waals surface area contributed by atoms with Gasteiger partial charge >= 0.3 is 12.2 Å². The number of carbonyl (C=O) groups is 2. The summed E-state index contributed by atoms with van der Waals surface area (Å²) in [6, 6.07) is 4.65. The molecule has 1 aliphatic carbocycles. The van der Waals surface area contributed by atoms with Crippen molar-refractivity contribution in [3.63, 3.8) is 0 Å². The number of aromatic nitrogens is 2. The molecule has 2 heterocycles. The molecule has 1 aromatic carbocycles. The van der Waals surface area contributed by atoms with Crippen molar-refractivity contribution < 1.29 is 27.3 Å². The third kappa shape index (κ3) is 6.93. The minimum Gasteiger partial charge on any atom is -0.339 e. The van der Waals surface area contributed by atoms with Crippen LogP contribution in [0.4, 0.5) is 18.0 Å². The Bertz CT molecular complexity index is 1010. The third-order valence-electron chi connectivity index (χ3n) is 6.34. The smallest absolute Gasteiger partial charge is 0.339 e. The molecule has 190 valence electrons. The summed E-state index contributed by atoms with van der Waals surface area (Å²) in [6.07, 6.45) is 0.937. The summed E-state index contributed by atoms with van der Waals surface area (Å²) in [6.45, 7) is 2.39. The summed E-state index contributed by atoms with van der Waals surface area (Å²) in [5.41, 5.74) is -0.548. The Morgan fingerprint density at radius 2 is 1.83 bits per heavy atom. The van der Waals surface area contributed by atoms with E-state index < -0.39 is 11.7 Å². The maximum absolute atomic E-state index is 12.9. The van der Waals surface area contributed by atoms with Crippen LogP contribution in [0.5, 0.6) is 0 Å². The fourth-order valence-electron chi connectivity index (χ4n) is 4.37. The molecule has 1 aliphatic heterocycles. The van der Waals surface area contributed by atoms with Gasteiger partial charge in [0, 0.05) is 37.8 Å². The Hall–Kier alpha value is -3.15. The number of nitrogens with one attached hydrogen (secondary N) is 2. The van der Waals surface area contributed by atoms with Crippen molar-refractivity contribution in [2.75, 3.05) is 32.7 Å². The first kappa shape index (κ1) is 25.0. The van der Waals surface area contributed by atoms with Gasteiger partial charge in [-0.1, -0.05) is 36.6 Å². The van der Waals surface area contributed by atoms with Crippen molar-refractivity contribution in [3.05, 3.63) is 35.7 Å². The Morgan fingerprint density at radius 1 is 1.09 bits per heavy atom. The molecular weight excluding hydrogens is 465 g/mol. The molecule has 2 aromatic rings. The first-order valence-corrected chi connectivity index (χ1v) is 11.8. The Labute approximate surface area is 201 Å². The number of hydrogen-bond acceptors (Lipinski definition) is 6. The summed E-state index contributed by atoms with van der Waals surface area (Å²) in [4.78, 5) is 32.5. The molecule has 1 saturated carbocycles. The summed E-state index contributed by atoms with van der Waals surface area (Å²) in [7, 11) is 0. The molecule has 1 aromatic heterocycles. The van der Waals surface area contributed by atoms with Crippen LogP contribution in [-0.2, 0) is 17.5 Å². The lowest BCUT2D eigenvalue weighted by Crippen LogP contribution is -2.52. The van der Waals surface area contributed by atoms with Gasteiger partial charge in [0.15, 0.2) is 0 Å².